The molecule has 0 aliphatic carbocycles. The zero-order valence-electron chi connectivity index (χ0n) is 6.06. The van der Waals surface area contributed by atoms with E-state index in [0.717, 1.165) is 0 Å². The predicted molar refractivity (Wildman–Crippen MR) is 38.4 cm³/mol. The molecule has 1 rings (SSSR count). The van der Waals surface area contributed by atoms with Crippen molar-refractivity contribution < 1.29 is 19.5 Å². The normalized spacial score (nSPS) is 7.33. The van der Waals surface area contributed by atoms with Crippen molar-refractivity contribution in [2.45, 2.75) is 0 Å². The highest BCUT2D eigenvalue weighted by Gasteiger charge is 1.96. The summed E-state index contributed by atoms with van der Waals surface area (Å²) in [5, 5.41) is 8.38. The van der Waals surface area contributed by atoms with E-state index in [4.69, 9.17) is 14.7 Å². The van der Waals surface area contributed by atoms with E-state index in [9.17, 15) is 4.79 Å². The molecule has 1 aromatic carbocycles. The topological polar surface area (TPSA) is 71.4 Å². The highest BCUT2D eigenvalue weighted by atomic mass is 16.4. The van der Waals surface area contributed by atoms with Gasteiger partial charge < -0.3 is 5.11 Å². The Morgan fingerprint density at radius 2 is 1.58 bits per heavy atom. The summed E-state index contributed by atoms with van der Waals surface area (Å²) in [7, 11) is 0. The van der Waals surface area contributed by atoms with E-state index < -0.39 is 5.97 Å². The number of carbonyl (C=O) groups excluding carboxylic acids is 2. The number of hydrogen-bond acceptors (Lipinski definition) is 3. The summed E-state index contributed by atoms with van der Waals surface area (Å²) < 4.78 is 0. The number of carboxylic acids is 1. The fraction of sp³-hybridized carbons (Fsp3) is 0. The monoisotopic (exact) mass is 166 g/mol. The van der Waals surface area contributed by atoms with Crippen LogP contribution in [0, 0.1) is 0 Å². The molecule has 4 nitrogen and oxygen atoms in total. The predicted octanol–water partition coefficient (Wildman–Crippen LogP) is 0.801. The molecule has 0 atom stereocenters. The van der Waals surface area contributed by atoms with Crippen LogP contribution in [0.4, 0.5) is 0 Å². The van der Waals surface area contributed by atoms with Crippen LogP contribution in [-0.2, 0) is 9.59 Å². The molecule has 12 heavy (non-hydrogen) atoms. The summed E-state index contributed by atoms with van der Waals surface area (Å²) >= 11 is 0. The Hall–Kier alpha value is -1.93. The van der Waals surface area contributed by atoms with E-state index in [-0.39, 0.29) is 6.15 Å². The molecule has 1 N–H and O–H groups in total. The third kappa shape index (κ3) is 3.98. The van der Waals surface area contributed by atoms with Crippen molar-refractivity contribution in [3.05, 3.63) is 35.9 Å². The molecular weight excluding hydrogens is 160 g/mol. The largest absolute Gasteiger partial charge is 0.478 e. The van der Waals surface area contributed by atoms with Gasteiger partial charge in [0.15, 0.2) is 0 Å². The minimum Gasteiger partial charge on any atom is -0.478 e. The quantitative estimate of drug-likeness (QED) is 0.669. The first-order valence-corrected chi connectivity index (χ1v) is 3.00. The minimum absolute atomic E-state index is 0.250. The highest BCUT2D eigenvalue weighted by molar-refractivity contribution is 5.87. The second-order valence-corrected chi connectivity index (χ2v) is 1.75. The number of hydrogen-bond donors (Lipinski definition) is 1. The van der Waals surface area contributed by atoms with Gasteiger partial charge in [0, 0.05) is 0 Å². The van der Waals surface area contributed by atoms with Crippen molar-refractivity contribution >= 4 is 12.1 Å². The SMILES string of the molecule is O=C(O)c1ccccc1.O=C=O. The lowest BCUT2D eigenvalue weighted by molar-refractivity contribution is -0.191. The number of carboxylic acid groups (broad SMARTS) is 1. The molecule has 0 aromatic heterocycles. The number of carbonyl (C=O) groups is 1. The highest BCUT2D eigenvalue weighted by Crippen LogP contribution is 1.96. The van der Waals surface area contributed by atoms with Gasteiger partial charge in [-0.1, -0.05) is 18.2 Å². The van der Waals surface area contributed by atoms with Crippen molar-refractivity contribution in [3.8, 4) is 0 Å². The van der Waals surface area contributed by atoms with Crippen LogP contribution in [-0.4, -0.2) is 17.2 Å². The van der Waals surface area contributed by atoms with Crippen molar-refractivity contribution in [1.29, 1.82) is 0 Å². The van der Waals surface area contributed by atoms with Crippen LogP contribution in [0.5, 0.6) is 0 Å². The van der Waals surface area contributed by atoms with Crippen LogP contribution in [0.25, 0.3) is 0 Å². The molecule has 0 bridgehead atoms. The average Bonchev–Trinajstić information content (AvgIpc) is 2.07. The molecule has 0 aliphatic heterocycles. The van der Waals surface area contributed by atoms with E-state index >= 15 is 0 Å². The molecule has 4 heteroatoms. The van der Waals surface area contributed by atoms with Gasteiger partial charge in [-0.3, -0.25) is 0 Å². The molecule has 0 radical (unpaired) electrons. The summed E-state index contributed by atoms with van der Waals surface area (Å²) in [5.74, 6) is -0.879. The van der Waals surface area contributed by atoms with E-state index in [2.05, 4.69) is 0 Å². The molecule has 0 spiro atoms. The fourth-order valence-electron chi connectivity index (χ4n) is 0.581. The Balaban J connectivity index is 0.000000354. The second-order valence-electron chi connectivity index (χ2n) is 1.75. The third-order valence-corrected chi connectivity index (χ3v) is 1.02. The van der Waals surface area contributed by atoms with Gasteiger partial charge in [-0.25, -0.2) is 4.79 Å². The van der Waals surface area contributed by atoms with Crippen molar-refractivity contribution in [3.63, 3.8) is 0 Å². The molecule has 0 heterocycles. The Bertz CT molecular complexity index is 272. The number of rotatable bonds is 1. The third-order valence-electron chi connectivity index (χ3n) is 1.02. The minimum atomic E-state index is -0.879. The van der Waals surface area contributed by atoms with Gasteiger partial charge in [-0.2, -0.15) is 9.59 Å². The lowest BCUT2D eigenvalue weighted by Crippen LogP contribution is -1.93. The van der Waals surface area contributed by atoms with Crippen LogP contribution < -0.4 is 0 Å². The zero-order valence-corrected chi connectivity index (χ0v) is 6.06. The molecule has 0 saturated heterocycles. The first-order valence-electron chi connectivity index (χ1n) is 3.00. The van der Waals surface area contributed by atoms with Gasteiger partial charge in [-0.15, -0.1) is 0 Å². The number of benzene rings is 1. The Labute approximate surface area is 68.4 Å². The first kappa shape index (κ1) is 10.1. The molecule has 1 aromatic rings. The Morgan fingerprint density at radius 3 is 1.83 bits per heavy atom. The van der Waals surface area contributed by atoms with Crippen molar-refractivity contribution in [2.75, 3.05) is 0 Å². The Kier molecular flexibility index (Phi) is 4.89. The summed E-state index contributed by atoms with van der Waals surface area (Å²) in [4.78, 5) is 26.5. The maximum absolute atomic E-state index is 10.2. The second kappa shape index (κ2) is 5.82. The summed E-state index contributed by atoms with van der Waals surface area (Å²) in [6, 6.07) is 8.30. The lowest BCUT2D eigenvalue weighted by Gasteiger charge is -1.88. The Morgan fingerprint density at radius 1 is 1.17 bits per heavy atom. The molecular formula is C8H6O4. The van der Waals surface area contributed by atoms with Crippen molar-refractivity contribution in [1.82, 2.24) is 0 Å². The van der Waals surface area contributed by atoms with Gasteiger partial charge >= 0.3 is 12.1 Å². The van der Waals surface area contributed by atoms with Crippen LogP contribution in [0.2, 0.25) is 0 Å². The van der Waals surface area contributed by atoms with Crippen molar-refractivity contribution in [2.24, 2.45) is 0 Å². The molecule has 62 valence electrons. The molecule has 0 aliphatic rings. The first-order chi connectivity index (χ1) is 5.72. The van der Waals surface area contributed by atoms with Crippen LogP contribution >= 0.6 is 0 Å². The van der Waals surface area contributed by atoms with Gasteiger partial charge in [0.25, 0.3) is 0 Å². The van der Waals surface area contributed by atoms with E-state index in [1.165, 1.54) is 0 Å². The van der Waals surface area contributed by atoms with Crippen LogP contribution in [0.15, 0.2) is 30.3 Å². The van der Waals surface area contributed by atoms with E-state index in [1.54, 1.807) is 30.3 Å². The van der Waals surface area contributed by atoms with Gasteiger partial charge in [0.1, 0.15) is 0 Å². The van der Waals surface area contributed by atoms with Gasteiger partial charge in [-0.05, 0) is 12.1 Å². The van der Waals surface area contributed by atoms with Crippen LogP contribution in [0.3, 0.4) is 0 Å². The number of aromatic carboxylic acids is 1. The lowest BCUT2D eigenvalue weighted by atomic mass is 10.2. The zero-order chi connectivity index (χ0) is 9.40. The van der Waals surface area contributed by atoms with Crippen LogP contribution in [0.1, 0.15) is 10.4 Å². The summed E-state index contributed by atoms with van der Waals surface area (Å²) in [6.07, 6.45) is 0.250. The fourth-order valence-corrected chi connectivity index (χ4v) is 0.581. The van der Waals surface area contributed by atoms with E-state index in [0.29, 0.717) is 5.56 Å². The maximum Gasteiger partial charge on any atom is 0.373 e. The summed E-state index contributed by atoms with van der Waals surface area (Å²) in [6.45, 7) is 0. The molecule has 0 saturated carbocycles. The van der Waals surface area contributed by atoms with Gasteiger partial charge in [0.05, 0.1) is 5.56 Å². The molecule has 0 fully saturated rings. The average molecular weight is 166 g/mol. The molecule has 0 amide bonds. The molecule has 0 unspecified atom stereocenters. The smallest absolute Gasteiger partial charge is 0.373 e. The summed E-state index contributed by atoms with van der Waals surface area (Å²) in [5.41, 5.74) is 0.331. The standard InChI is InChI=1S/C7H6O2.CO2/c8-7(9)6-4-2-1-3-5-6;2-1-3/h1-5H,(H,8,9);. The van der Waals surface area contributed by atoms with Gasteiger partial charge in [0.2, 0.25) is 0 Å². The maximum atomic E-state index is 10.2. The van der Waals surface area contributed by atoms with E-state index in [1.807, 2.05) is 0 Å².